The molecule has 0 atom stereocenters. The van der Waals surface area contributed by atoms with Gasteiger partial charge in [-0.1, -0.05) is 29.5 Å². The highest BCUT2D eigenvalue weighted by atomic mass is 32.2. The summed E-state index contributed by atoms with van der Waals surface area (Å²) >= 11 is 1.01. The van der Waals surface area contributed by atoms with Crippen LogP contribution in [0.1, 0.15) is 22.3 Å². The highest BCUT2D eigenvalue weighted by Gasteiger charge is 2.30. The zero-order valence-electron chi connectivity index (χ0n) is 16.6. The van der Waals surface area contributed by atoms with Gasteiger partial charge in [-0.25, -0.2) is 4.98 Å². The molecule has 1 aromatic carbocycles. The van der Waals surface area contributed by atoms with Crippen LogP contribution in [0.3, 0.4) is 0 Å². The number of anilines is 1. The van der Waals surface area contributed by atoms with Gasteiger partial charge in [0.1, 0.15) is 0 Å². The van der Waals surface area contributed by atoms with Crippen LogP contribution in [0.4, 0.5) is 18.9 Å². The highest BCUT2D eigenvalue weighted by Crippen LogP contribution is 2.29. The van der Waals surface area contributed by atoms with Crippen molar-refractivity contribution in [3.05, 3.63) is 52.7 Å². The Morgan fingerprint density at radius 1 is 1.14 bits per heavy atom. The molecule has 0 saturated carbocycles. The number of nitrogens with zero attached hydrogens (tertiary/aromatic N) is 2. The molecular formula is C20H22F3N3O2S. The number of hydrogen-bond donors (Lipinski definition) is 1. The van der Waals surface area contributed by atoms with E-state index in [0.29, 0.717) is 5.03 Å². The molecule has 2 amide bonds. The monoisotopic (exact) mass is 425 g/mol. The van der Waals surface area contributed by atoms with Gasteiger partial charge in [0.2, 0.25) is 11.8 Å². The summed E-state index contributed by atoms with van der Waals surface area (Å²) in [5.41, 5.74) is 2.86. The predicted molar refractivity (Wildman–Crippen MR) is 107 cm³/mol. The molecule has 0 aliphatic rings. The quantitative estimate of drug-likeness (QED) is 0.704. The number of amides is 2. The Hall–Kier alpha value is -2.55. The van der Waals surface area contributed by atoms with Crippen LogP contribution in [0.15, 0.2) is 35.5 Å². The number of aryl methyl sites for hydroxylation is 3. The lowest BCUT2D eigenvalue weighted by Gasteiger charge is -2.18. The Bertz CT molecular complexity index is 876. The molecule has 0 bridgehead atoms. The molecule has 0 spiro atoms. The smallest absolute Gasteiger partial charge is 0.336 e. The zero-order chi connectivity index (χ0) is 21.8. The molecule has 1 aromatic heterocycles. The number of aromatic nitrogens is 1. The number of alkyl halides is 3. The standard InChI is InChI=1S/C20H22F3N3O2S/c1-12-7-13(2)19(14(3)8-12)25-16(27)10-26(4)18(28)11-29-17-6-5-15(9-24-17)20(21,22)23/h5-9H,10-11H2,1-4H3,(H,25,27). The van der Waals surface area contributed by atoms with Gasteiger partial charge >= 0.3 is 6.18 Å². The molecule has 5 nitrogen and oxygen atoms in total. The third kappa shape index (κ3) is 6.49. The van der Waals surface area contributed by atoms with Gasteiger partial charge < -0.3 is 10.2 Å². The molecule has 0 saturated heterocycles. The summed E-state index contributed by atoms with van der Waals surface area (Å²) < 4.78 is 37.6. The number of hydrogen-bond acceptors (Lipinski definition) is 4. The first-order valence-corrected chi connectivity index (χ1v) is 9.73. The molecule has 0 radical (unpaired) electrons. The minimum atomic E-state index is -4.45. The fraction of sp³-hybridized carbons (Fsp3) is 0.350. The van der Waals surface area contributed by atoms with Gasteiger partial charge in [0, 0.05) is 18.9 Å². The van der Waals surface area contributed by atoms with Crippen molar-refractivity contribution < 1.29 is 22.8 Å². The second kappa shape index (κ2) is 9.30. The maximum atomic E-state index is 12.5. The first-order valence-electron chi connectivity index (χ1n) is 8.75. The van der Waals surface area contributed by atoms with Crippen LogP contribution >= 0.6 is 11.8 Å². The molecular weight excluding hydrogens is 403 g/mol. The Kier molecular flexibility index (Phi) is 7.29. The van der Waals surface area contributed by atoms with E-state index < -0.39 is 11.7 Å². The van der Waals surface area contributed by atoms with Crippen molar-refractivity contribution in [1.29, 1.82) is 0 Å². The van der Waals surface area contributed by atoms with E-state index in [0.717, 1.165) is 46.4 Å². The molecule has 2 aromatic rings. The van der Waals surface area contributed by atoms with Gasteiger partial charge in [-0.3, -0.25) is 9.59 Å². The van der Waals surface area contributed by atoms with Gasteiger partial charge in [0.15, 0.2) is 0 Å². The molecule has 0 aliphatic carbocycles. The molecule has 1 heterocycles. The van der Waals surface area contributed by atoms with Crippen LogP contribution in [0.2, 0.25) is 0 Å². The molecule has 0 unspecified atom stereocenters. The Morgan fingerprint density at radius 2 is 1.76 bits per heavy atom. The highest BCUT2D eigenvalue weighted by molar-refractivity contribution is 7.99. The Morgan fingerprint density at radius 3 is 2.28 bits per heavy atom. The number of thioether (sulfide) groups is 1. The second-order valence-electron chi connectivity index (χ2n) is 6.74. The number of pyridine rings is 1. The van der Waals surface area contributed by atoms with Crippen LogP contribution < -0.4 is 5.32 Å². The van der Waals surface area contributed by atoms with E-state index in [1.807, 2.05) is 32.9 Å². The molecule has 1 N–H and O–H groups in total. The number of rotatable bonds is 6. The normalized spacial score (nSPS) is 11.3. The summed E-state index contributed by atoms with van der Waals surface area (Å²) in [4.78, 5) is 29.5. The van der Waals surface area contributed by atoms with Crippen molar-refractivity contribution >= 4 is 29.3 Å². The van der Waals surface area contributed by atoms with E-state index >= 15 is 0 Å². The van der Waals surface area contributed by atoms with Crippen molar-refractivity contribution in [3.63, 3.8) is 0 Å². The molecule has 156 valence electrons. The van der Waals surface area contributed by atoms with Crippen molar-refractivity contribution in [2.75, 3.05) is 24.7 Å². The van der Waals surface area contributed by atoms with E-state index in [1.54, 1.807) is 0 Å². The van der Waals surface area contributed by atoms with E-state index in [-0.39, 0.29) is 24.1 Å². The lowest BCUT2D eigenvalue weighted by atomic mass is 10.1. The summed E-state index contributed by atoms with van der Waals surface area (Å²) in [6, 6.07) is 6.07. The maximum absolute atomic E-state index is 12.5. The first kappa shape index (κ1) is 22.7. The molecule has 29 heavy (non-hydrogen) atoms. The number of nitrogens with one attached hydrogen (secondary N) is 1. The minimum Gasteiger partial charge on any atom is -0.336 e. The number of benzene rings is 1. The summed E-state index contributed by atoms with van der Waals surface area (Å²) in [5, 5.41) is 3.13. The number of likely N-dealkylation sites (N-methyl/N-ethyl adjacent to an activating group) is 1. The third-order valence-corrected chi connectivity index (χ3v) is 5.08. The SMILES string of the molecule is Cc1cc(C)c(NC(=O)CN(C)C(=O)CSc2ccc(C(F)(F)F)cn2)c(C)c1. The number of halogens is 3. The van der Waals surface area contributed by atoms with Crippen LogP contribution in [0.5, 0.6) is 0 Å². The van der Waals surface area contributed by atoms with Crippen molar-refractivity contribution in [1.82, 2.24) is 9.88 Å². The van der Waals surface area contributed by atoms with Crippen LogP contribution in [-0.2, 0) is 15.8 Å². The number of carbonyl (C=O) groups excluding carboxylic acids is 2. The lowest BCUT2D eigenvalue weighted by molar-refractivity contribution is -0.137. The second-order valence-corrected chi connectivity index (χ2v) is 7.74. The third-order valence-electron chi connectivity index (χ3n) is 4.16. The Balaban J connectivity index is 1.88. The largest absolute Gasteiger partial charge is 0.417 e. The van der Waals surface area contributed by atoms with Crippen molar-refractivity contribution in [3.8, 4) is 0 Å². The Labute approximate surface area is 171 Å². The summed E-state index contributed by atoms with van der Waals surface area (Å²) in [6.45, 7) is 5.64. The van der Waals surface area contributed by atoms with Gasteiger partial charge in [0.25, 0.3) is 0 Å². The van der Waals surface area contributed by atoms with Crippen LogP contribution in [-0.4, -0.2) is 41.0 Å². The molecule has 9 heteroatoms. The van der Waals surface area contributed by atoms with Crippen LogP contribution in [0.25, 0.3) is 0 Å². The minimum absolute atomic E-state index is 0.0370. The van der Waals surface area contributed by atoms with Gasteiger partial charge in [0.05, 0.1) is 22.9 Å². The van der Waals surface area contributed by atoms with Gasteiger partial charge in [-0.2, -0.15) is 13.2 Å². The van der Waals surface area contributed by atoms with E-state index in [2.05, 4.69) is 10.3 Å². The van der Waals surface area contributed by atoms with Gasteiger partial charge in [-0.15, -0.1) is 0 Å². The first-order chi connectivity index (χ1) is 13.5. The van der Waals surface area contributed by atoms with E-state index in [9.17, 15) is 22.8 Å². The van der Waals surface area contributed by atoms with Crippen LogP contribution in [0, 0.1) is 20.8 Å². The van der Waals surface area contributed by atoms with E-state index in [4.69, 9.17) is 0 Å². The topological polar surface area (TPSA) is 62.3 Å². The van der Waals surface area contributed by atoms with E-state index in [1.165, 1.54) is 18.0 Å². The fourth-order valence-corrected chi connectivity index (χ4v) is 3.52. The maximum Gasteiger partial charge on any atom is 0.417 e. The molecule has 0 fully saturated rings. The fourth-order valence-electron chi connectivity index (χ4n) is 2.74. The lowest BCUT2D eigenvalue weighted by Crippen LogP contribution is -2.36. The zero-order valence-corrected chi connectivity index (χ0v) is 17.4. The average molecular weight is 425 g/mol. The number of carbonyl (C=O) groups is 2. The molecule has 2 rings (SSSR count). The molecule has 0 aliphatic heterocycles. The summed E-state index contributed by atoms with van der Waals surface area (Å²) in [7, 11) is 1.50. The van der Waals surface area contributed by atoms with Crippen molar-refractivity contribution in [2.24, 2.45) is 0 Å². The van der Waals surface area contributed by atoms with Gasteiger partial charge in [-0.05, 0) is 44.0 Å². The average Bonchev–Trinajstić information content (AvgIpc) is 2.62. The summed E-state index contributed by atoms with van der Waals surface area (Å²) in [6.07, 6.45) is -3.72. The van der Waals surface area contributed by atoms with Crippen molar-refractivity contribution in [2.45, 2.75) is 32.0 Å². The summed E-state index contributed by atoms with van der Waals surface area (Å²) in [5.74, 6) is -0.692. The predicted octanol–water partition coefficient (Wildman–Crippen LogP) is 4.21.